The maximum absolute atomic E-state index is 14.3. The molecule has 0 aliphatic rings. The van der Waals surface area contributed by atoms with Crippen LogP contribution in [-0.4, -0.2) is 44.3 Å². The van der Waals surface area contributed by atoms with Gasteiger partial charge in [0.25, 0.3) is 10.0 Å². The quantitative estimate of drug-likeness (QED) is 0.213. The normalized spacial score (nSPS) is 11.9. The summed E-state index contributed by atoms with van der Waals surface area (Å²) in [6.45, 7) is 3.70. The third kappa shape index (κ3) is 7.86. The molecular weight excluding hydrogens is 614 g/mol. The molecule has 0 saturated carbocycles. The Hall–Kier alpha value is -3.95. The third-order valence-electron chi connectivity index (χ3n) is 6.76. The zero-order valence-corrected chi connectivity index (χ0v) is 26.0. The van der Waals surface area contributed by atoms with Gasteiger partial charge in [-0.05, 0) is 66.9 Å². The molecule has 1 atom stereocenters. The minimum absolute atomic E-state index is 0.0717. The minimum atomic E-state index is -4.12. The van der Waals surface area contributed by atoms with Crippen molar-refractivity contribution >= 4 is 43.5 Å². The third-order valence-corrected chi connectivity index (χ3v) is 9.05. The second-order valence-electron chi connectivity index (χ2n) is 9.92. The Kier molecular flexibility index (Phi) is 10.5. The molecule has 0 aliphatic heterocycles. The first-order chi connectivity index (χ1) is 20.2. The van der Waals surface area contributed by atoms with E-state index in [9.17, 15) is 18.0 Å². The zero-order chi connectivity index (χ0) is 30.1. The Balaban J connectivity index is 1.79. The van der Waals surface area contributed by atoms with Gasteiger partial charge in [0.05, 0.1) is 10.6 Å². The Labute approximate surface area is 256 Å². The summed E-state index contributed by atoms with van der Waals surface area (Å²) < 4.78 is 29.9. The van der Waals surface area contributed by atoms with Crippen LogP contribution in [0.2, 0.25) is 0 Å². The molecule has 0 heterocycles. The number of hydrogen-bond donors (Lipinski definition) is 1. The van der Waals surface area contributed by atoms with Crippen molar-refractivity contribution in [2.24, 2.45) is 0 Å². The van der Waals surface area contributed by atoms with Crippen molar-refractivity contribution < 1.29 is 18.0 Å². The number of aryl methyl sites for hydroxylation is 1. The molecule has 9 heteroatoms. The topological polar surface area (TPSA) is 86.8 Å². The number of nitrogens with zero attached hydrogens (tertiary/aromatic N) is 2. The van der Waals surface area contributed by atoms with Gasteiger partial charge in [0, 0.05) is 24.0 Å². The van der Waals surface area contributed by atoms with Gasteiger partial charge in [0.2, 0.25) is 11.8 Å². The summed E-state index contributed by atoms with van der Waals surface area (Å²) in [6.07, 6.45) is 0.266. The van der Waals surface area contributed by atoms with Crippen LogP contribution in [0.15, 0.2) is 119 Å². The van der Waals surface area contributed by atoms with Crippen molar-refractivity contribution in [1.29, 1.82) is 0 Å². The molecule has 0 spiro atoms. The number of anilines is 1. The molecule has 42 heavy (non-hydrogen) atoms. The molecule has 0 unspecified atom stereocenters. The molecule has 0 bridgehead atoms. The van der Waals surface area contributed by atoms with Gasteiger partial charge >= 0.3 is 0 Å². The molecule has 0 saturated heterocycles. The van der Waals surface area contributed by atoms with Gasteiger partial charge in [-0.2, -0.15) is 0 Å². The number of likely N-dealkylation sites (N-methyl/N-ethyl adjacent to an activating group) is 1. The fraction of sp³-hybridized carbons (Fsp3) is 0.212. The molecule has 7 nitrogen and oxygen atoms in total. The van der Waals surface area contributed by atoms with E-state index in [1.54, 1.807) is 36.4 Å². The summed E-state index contributed by atoms with van der Waals surface area (Å²) in [4.78, 5) is 29.4. The highest BCUT2D eigenvalue weighted by Gasteiger charge is 2.34. The first-order valence-electron chi connectivity index (χ1n) is 13.7. The molecule has 0 aromatic heterocycles. The van der Waals surface area contributed by atoms with E-state index in [2.05, 4.69) is 21.2 Å². The smallest absolute Gasteiger partial charge is 0.264 e. The number of amides is 2. The van der Waals surface area contributed by atoms with Crippen LogP contribution in [-0.2, 0) is 32.6 Å². The number of rotatable bonds is 12. The lowest BCUT2D eigenvalue weighted by molar-refractivity contribution is -0.140. The predicted octanol–water partition coefficient (Wildman–Crippen LogP) is 5.73. The van der Waals surface area contributed by atoms with E-state index in [1.165, 1.54) is 17.0 Å². The van der Waals surface area contributed by atoms with E-state index >= 15 is 0 Å². The van der Waals surface area contributed by atoms with Crippen molar-refractivity contribution in [3.05, 3.63) is 130 Å². The highest BCUT2D eigenvalue weighted by atomic mass is 79.9. The maximum atomic E-state index is 14.3. The SMILES string of the molecule is CCNC(=O)[C@@H](Cc1ccccc1)N(Cc1cccc(Br)c1)C(=O)CN(c1cccc(C)c1)S(=O)(=O)c1ccccc1. The van der Waals surface area contributed by atoms with Gasteiger partial charge in [0.1, 0.15) is 12.6 Å². The first kappa shape index (κ1) is 31.0. The highest BCUT2D eigenvalue weighted by molar-refractivity contribution is 9.10. The predicted molar refractivity (Wildman–Crippen MR) is 169 cm³/mol. The van der Waals surface area contributed by atoms with E-state index in [-0.39, 0.29) is 23.8 Å². The minimum Gasteiger partial charge on any atom is -0.355 e. The lowest BCUT2D eigenvalue weighted by Gasteiger charge is -2.34. The van der Waals surface area contributed by atoms with Crippen LogP contribution >= 0.6 is 15.9 Å². The Morgan fingerprint density at radius 3 is 2.12 bits per heavy atom. The van der Waals surface area contributed by atoms with Crippen molar-refractivity contribution in [2.75, 3.05) is 17.4 Å². The largest absolute Gasteiger partial charge is 0.355 e. The molecule has 0 radical (unpaired) electrons. The van der Waals surface area contributed by atoms with Gasteiger partial charge < -0.3 is 10.2 Å². The molecule has 0 fully saturated rings. The Morgan fingerprint density at radius 1 is 0.833 bits per heavy atom. The lowest BCUT2D eigenvalue weighted by atomic mass is 10.0. The summed E-state index contributed by atoms with van der Waals surface area (Å²) in [5, 5.41) is 2.87. The van der Waals surface area contributed by atoms with Crippen LogP contribution in [0.1, 0.15) is 23.6 Å². The van der Waals surface area contributed by atoms with Gasteiger partial charge in [-0.1, -0.05) is 88.7 Å². The molecule has 2 amide bonds. The number of benzene rings is 4. The van der Waals surface area contributed by atoms with Gasteiger partial charge in [-0.3, -0.25) is 13.9 Å². The summed E-state index contributed by atoms with van der Waals surface area (Å²) in [5.74, 6) is -0.805. The Bertz CT molecular complexity index is 1610. The number of nitrogens with one attached hydrogen (secondary N) is 1. The maximum Gasteiger partial charge on any atom is 0.264 e. The lowest BCUT2D eigenvalue weighted by Crippen LogP contribution is -2.53. The standard InChI is InChI=1S/C33H34BrN3O4S/c1-3-35-33(39)31(22-26-13-6-4-7-14-26)36(23-27-15-11-16-28(34)21-27)32(38)24-37(29-17-10-12-25(2)20-29)42(40,41)30-18-8-5-9-19-30/h4-21,31H,3,22-24H2,1-2H3,(H,35,39)/t31-/m1/s1. The van der Waals surface area contributed by atoms with Crippen LogP contribution in [0.3, 0.4) is 0 Å². The summed E-state index contributed by atoms with van der Waals surface area (Å²) in [6, 6.07) is 31.2. The van der Waals surface area contributed by atoms with E-state index in [4.69, 9.17) is 0 Å². The monoisotopic (exact) mass is 647 g/mol. The second-order valence-corrected chi connectivity index (χ2v) is 12.7. The van der Waals surface area contributed by atoms with Crippen LogP contribution in [0.5, 0.6) is 0 Å². The first-order valence-corrected chi connectivity index (χ1v) is 15.9. The van der Waals surface area contributed by atoms with Crippen LogP contribution < -0.4 is 9.62 Å². The number of halogens is 1. The molecule has 4 rings (SSSR count). The summed E-state index contributed by atoms with van der Waals surface area (Å²) >= 11 is 3.49. The number of carbonyl (C=O) groups excluding carboxylic acids is 2. The fourth-order valence-electron chi connectivity index (χ4n) is 4.71. The molecule has 0 aliphatic carbocycles. The molecule has 1 N–H and O–H groups in total. The van der Waals surface area contributed by atoms with E-state index in [0.29, 0.717) is 12.2 Å². The highest BCUT2D eigenvalue weighted by Crippen LogP contribution is 2.26. The van der Waals surface area contributed by atoms with Gasteiger partial charge in [-0.25, -0.2) is 8.42 Å². The molecule has 4 aromatic rings. The second kappa shape index (κ2) is 14.3. The van der Waals surface area contributed by atoms with Crippen LogP contribution in [0, 0.1) is 6.92 Å². The van der Waals surface area contributed by atoms with E-state index < -0.39 is 28.5 Å². The van der Waals surface area contributed by atoms with E-state index in [0.717, 1.165) is 25.5 Å². The van der Waals surface area contributed by atoms with Crippen molar-refractivity contribution in [2.45, 2.75) is 37.8 Å². The summed E-state index contributed by atoms with van der Waals surface area (Å²) in [7, 11) is -4.12. The Morgan fingerprint density at radius 2 is 1.48 bits per heavy atom. The fourth-order valence-corrected chi connectivity index (χ4v) is 6.58. The number of carbonyl (C=O) groups is 2. The van der Waals surface area contributed by atoms with Crippen molar-refractivity contribution in [3.63, 3.8) is 0 Å². The van der Waals surface area contributed by atoms with Gasteiger partial charge in [-0.15, -0.1) is 0 Å². The summed E-state index contributed by atoms with van der Waals surface area (Å²) in [5.41, 5.74) is 2.90. The average molecular weight is 649 g/mol. The van der Waals surface area contributed by atoms with Gasteiger partial charge in [0.15, 0.2) is 0 Å². The van der Waals surface area contributed by atoms with Crippen LogP contribution in [0.4, 0.5) is 5.69 Å². The van der Waals surface area contributed by atoms with Crippen LogP contribution in [0.25, 0.3) is 0 Å². The van der Waals surface area contributed by atoms with E-state index in [1.807, 2.05) is 74.5 Å². The van der Waals surface area contributed by atoms with Crippen molar-refractivity contribution in [1.82, 2.24) is 10.2 Å². The zero-order valence-electron chi connectivity index (χ0n) is 23.6. The molecule has 4 aromatic carbocycles. The number of hydrogen-bond acceptors (Lipinski definition) is 4. The average Bonchev–Trinajstić information content (AvgIpc) is 2.98. The van der Waals surface area contributed by atoms with Crippen molar-refractivity contribution in [3.8, 4) is 0 Å². The molecule has 218 valence electrons. The number of sulfonamides is 1. The molecular formula is C33H34BrN3O4S.